The summed E-state index contributed by atoms with van der Waals surface area (Å²) in [6.45, 7) is 0. The van der Waals surface area contributed by atoms with Crippen molar-refractivity contribution in [3.63, 3.8) is 0 Å². The van der Waals surface area contributed by atoms with E-state index in [9.17, 15) is 9.00 Å². The molecule has 1 N–H and O–H groups in total. The average molecular weight is 412 g/mol. The van der Waals surface area contributed by atoms with E-state index in [0.717, 1.165) is 18.4 Å². The first-order valence-corrected chi connectivity index (χ1v) is 11.5. The smallest absolute Gasteiger partial charge is 0.290 e. The Morgan fingerprint density at radius 3 is 2.48 bits per heavy atom. The molecule has 5 rings (SSSR count). The molecule has 2 fully saturated rings. The number of rotatable bonds is 5. The summed E-state index contributed by atoms with van der Waals surface area (Å²) in [5, 5.41) is 15.1. The quantitative estimate of drug-likeness (QED) is 0.640. The third-order valence-corrected chi connectivity index (χ3v) is 7.46. The number of amides is 1. The van der Waals surface area contributed by atoms with E-state index in [-0.39, 0.29) is 29.5 Å². The Hall–Kier alpha value is -2.94. The number of carbonyl (C=O) groups is 1. The molecular formula is C20H20N4O4S. The summed E-state index contributed by atoms with van der Waals surface area (Å²) in [5.74, 6) is 5.93. The molecule has 0 atom stereocenters. The molecule has 2 aromatic heterocycles. The van der Waals surface area contributed by atoms with Gasteiger partial charge in [0.05, 0.1) is 5.92 Å². The van der Waals surface area contributed by atoms with Gasteiger partial charge in [0.25, 0.3) is 5.91 Å². The third-order valence-electron chi connectivity index (χ3n) is 5.44. The van der Waals surface area contributed by atoms with Crippen LogP contribution in [0.3, 0.4) is 0 Å². The lowest BCUT2D eigenvalue weighted by Gasteiger charge is -2.33. The van der Waals surface area contributed by atoms with E-state index in [1.54, 1.807) is 6.07 Å². The Bertz CT molecular complexity index is 1130. The maximum Gasteiger partial charge on any atom is 0.290 e. The molecule has 1 amide bonds. The predicted octanol–water partition coefficient (Wildman–Crippen LogP) is 2.21. The molecule has 8 nitrogen and oxygen atoms in total. The monoisotopic (exact) mass is 412 g/mol. The highest BCUT2D eigenvalue weighted by atomic mass is 32.2. The maximum absolute atomic E-state index is 12.4. The lowest BCUT2D eigenvalue weighted by Crippen LogP contribution is -2.43. The predicted molar refractivity (Wildman–Crippen MR) is 107 cm³/mol. The summed E-state index contributed by atoms with van der Waals surface area (Å²) in [6.07, 6.45) is 1.45. The SMILES string of the molecule is C=S1(=O)CC(c2nnc(C3CC(NC(=O)c4cc(-c5ccccc5)no4)C3)o2)C1. The van der Waals surface area contributed by atoms with Gasteiger partial charge >= 0.3 is 0 Å². The Kier molecular flexibility index (Phi) is 4.27. The van der Waals surface area contributed by atoms with Crippen LogP contribution in [0.5, 0.6) is 0 Å². The summed E-state index contributed by atoms with van der Waals surface area (Å²) in [5.41, 5.74) is 1.52. The molecule has 1 saturated heterocycles. The highest BCUT2D eigenvalue weighted by molar-refractivity contribution is 8.01. The lowest BCUT2D eigenvalue weighted by atomic mass is 9.80. The standard InChI is InChI=1S/C20H20N4O4S/c1-29(26)10-14(11-29)20-23-22-19(27-20)13-7-15(8-13)21-18(25)17-9-16(24-28-17)12-5-3-2-4-6-12/h2-6,9,13-15H,1,7-8,10-11H2,(H,21,25). The molecule has 1 aromatic carbocycles. The first-order chi connectivity index (χ1) is 14.0. The van der Waals surface area contributed by atoms with Gasteiger partial charge in [-0.25, -0.2) is 0 Å². The van der Waals surface area contributed by atoms with Gasteiger partial charge in [-0.1, -0.05) is 35.5 Å². The summed E-state index contributed by atoms with van der Waals surface area (Å²) in [6, 6.07) is 11.2. The van der Waals surface area contributed by atoms with Gasteiger partial charge in [0, 0.05) is 35.1 Å². The third kappa shape index (κ3) is 3.57. The molecule has 0 unspecified atom stereocenters. The Balaban J connectivity index is 1.15. The number of hydrogen-bond donors (Lipinski definition) is 1. The van der Waals surface area contributed by atoms with E-state index in [1.165, 1.54) is 0 Å². The average Bonchev–Trinajstić information content (AvgIpc) is 3.32. The van der Waals surface area contributed by atoms with E-state index >= 15 is 0 Å². The topological polar surface area (TPSA) is 111 Å². The fraction of sp³-hybridized carbons (Fsp3) is 0.350. The van der Waals surface area contributed by atoms with Gasteiger partial charge in [0.15, 0.2) is 0 Å². The largest absolute Gasteiger partial charge is 0.425 e. The fourth-order valence-corrected chi connectivity index (χ4v) is 5.38. The van der Waals surface area contributed by atoms with Crippen LogP contribution in [0, 0.1) is 0 Å². The van der Waals surface area contributed by atoms with Gasteiger partial charge in [-0.3, -0.25) is 9.00 Å². The Morgan fingerprint density at radius 2 is 1.79 bits per heavy atom. The molecule has 3 aromatic rings. The second kappa shape index (κ2) is 6.84. The second-order valence-electron chi connectivity index (χ2n) is 7.76. The van der Waals surface area contributed by atoms with Crippen molar-refractivity contribution in [2.24, 2.45) is 0 Å². The Labute approximate surface area is 167 Å². The van der Waals surface area contributed by atoms with E-state index in [2.05, 4.69) is 26.5 Å². The van der Waals surface area contributed by atoms with Crippen molar-refractivity contribution < 1.29 is 17.9 Å². The molecular weight excluding hydrogens is 392 g/mol. The summed E-state index contributed by atoms with van der Waals surface area (Å²) in [4.78, 5) is 12.4. The number of nitrogens with zero attached hydrogens (tertiary/aromatic N) is 3. The molecule has 29 heavy (non-hydrogen) atoms. The summed E-state index contributed by atoms with van der Waals surface area (Å²) >= 11 is 0. The zero-order valence-corrected chi connectivity index (χ0v) is 16.4. The normalized spacial score (nSPS) is 28.3. The van der Waals surface area contributed by atoms with Gasteiger partial charge in [0.1, 0.15) is 5.69 Å². The lowest BCUT2D eigenvalue weighted by molar-refractivity contribution is 0.0865. The van der Waals surface area contributed by atoms with Crippen molar-refractivity contribution in [2.45, 2.75) is 30.7 Å². The van der Waals surface area contributed by atoms with Crippen molar-refractivity contribution >= 4 is 21.3 Å². The first-order valence-electron chi connectivity index (χ1n) is 9.46. The second-order valence-corrected chi connectivity index (χ2v) is 10.4. The minimum Gasteiger partial charge on any atom is -0.425 e. The van der Waals surface area contributed by atoms with Crippen LogP contribution in [0.15, 0.2) is 45.3 Å². The number of nitrogens with one attached hydrogen (secondary N) is 1. The van der Waals surface area contributed by atoms with E-state index in [1.807, 2.05) is 30.3 Å². The van der Waals surface area contributed by atoms with Crippen LogP contribution in [0.4, 0.5) is 0 Å². The number of carbonyl (C=O) groups excluding carboxylic acids is 1. The molecule has 0 bridgehead atoms. The van der Waals surface area contributed by atoms with Gasteiger partial charge in [-0.2, -0.15) is 0 Å². The minimum absolute atomic E-state index is 0.0235. The highest BCUT2D eigenvalue weighted by Crippen LogP contribution is 2.38. The fourth-order valence-electron chi connectivity index (χ4n) is 3.72. The van der Waals surface area contributed by atoms with Crippen molar-refractivity contribution in [3.8, 4) is 11.3 Å². The van der Waals surface area contributed by atoms with Gasteiger partial charge < -0.3 is 14.3 Å². The number of aromatic nitrogens is 3. The molecule has 0 spiro atoms. The number of benzene rings is 1. The van der Waals surface area contributed by atoms with Crippen molar-refractivity contribution in [2.75, 3.05) is 11.5 Å². The zero-order valence-electron chi connectivity index (χ0n) is 15.6. The highest BCUT2D eigenvalue weighted by Gasteiger charge is 2.38. The van der Waals surface area contributed by atoms with Crippen LogP contribution in [0.2, 0.25) is 0 Å². The van der Waals surface area contributed by atoms with E-state index in [4.69, 9.17) is 8.94 Å². The molecule has 0 radical (unpaired) electrons. The maximum atomic E-state index is 12.4. The van der Waals surface area contributed by atoms with Crippen molar-refractivity contribution in [3.05, 3.63) is 53.9 Å². The molecule has 9 heteroatoms. The molecule has 1 aliphatic carbocycles. The molecule has 1 aliphatic heterocycles. The first kappa shape index (κ1) is 18.1. The van der Waals surface area contributed by atoms with Crippen molar-refractivity contribution in [1.29, 1.82) is 0 Å². The van der Waals surface area contributed by atoms with Crippen molar-refractivity contribution in [1.82, 2.24) is 20.7 Å². The van der Waals surface area contributed by atoms with Gasteiger partial charge in [-0.05, 0) is 28.2 Å². The molecule has 1 saturated carbocycles. The van der Waals surface area contributed by atoms with Gasteiger partial charge in [-0.15, -0.1) is 10.2 Å². The van der Waals surface area contributed by atoms with Crippen LogP contribution in [0.25, 0.3) is 11.3 Å². The van der Waals surface area contributed by atoms with Crippen LogP contribution >= 0.6 is 0 Å². The summed E-state index contributed by atoms with van der Waals surface area (Å²) in [7, 11) is -1.94. The number of hydrogen-bond acceptors (Lipinski definition) is 7. The molecule has 150 valence electrons. The van der Waals surface area contributed by atoms with E-state index in [0.29, 0.717) is 29.0 Å². The van der Waals surface area contributed by atoms with Crippen LogP contribution < -0.4 is 5.32 Å². The van der Waals surface area contributed by atoms with Crippen LogP contribution in [-0.4, -0.2) is 48.9 Å². The summed E-state index contributed by atoms with van der Waals surface area (Å²) < 4.78 is 22.7. The van der Waals surface area contributed by atoms with Gasteiger partial charge in [0.2, 0.25) is 17.5 Å². The van der Waals surface area contributed by atoms with E-state index < -0.39 is 9.52 Å². The molecule has 2 aliphatic rings. The molecule has 3 heterocycles. The van der Waals surface area contributed by atoms with Crippen LogP contribution in [-0.2, 0) is 9.52 Å². The van der Waals surface area contributed by atoms with Crippen LogP contribution in [0.1, 0.15) is 47.0 Å². The zero-order chi connectivity index (χ0) is 20.0. The Morgan fingerprint density at radius 1 is 1.10 bits per heavy atom. The minimum atomic E-state index is -1.94.